The lowest BCUT2D eigenvalue weighted by atomic mass is 10.1. The molecular weight excluding hydrogens is 228 g/mol. The van der Waals surface area contributed by atoms with E-state index in [1.54, 1.807) is 0 Å². The van der Waals surface area contributed by atoms with Crippen molar-refractivity contribution in [3.63, 3.8) is 0 Å². The second-order valence-corrected chi connectivity index (χ2v) is 5.82. The number of aromatic nitrogens is 1. The molecule has 96 valence electrons. The molecular formula is C14H24N2S. The summed E-state index contributed by atoms with van der Waals surface area (Å²) in [6.07, 6.45) is 4.85. The van der Waals surface area contributed by atoms with Crippen LogP contribution < -0.4 is 5.32 Å². The third-order valence-electron chi connectivity index (χ3n) is 2.49. The number of hydrogen-bond acceptors (Lipinski definition) is 3. The lowest BCUT2D eigenvalue weighted by Crippen LogP contribution is -2.33. The summed E-state index contributed by atoms with van der Waals surface area (Å²) in [7, 11) is 0. The van der Waals surface area contributed by atoms with E-state index in [1.807, 2.05) is 12.4 Å². The quantitative estimate of drug-likeness (QED) is 0.770. The van der Waals surface area contributed by atoms with Crippen LogP contribution in [0.1, 0.15) is 26.3 Å². The van der Waals surface area contributed by atoms with E-state index in [-0.39, 0.29) is 0 Å². The van der Waals surface area contributed by atoms with Crippen molar-refractivity contribution >= 4 is 11.8 Å². The molecule has 1 aromatic heterocycles. The molecule has 0 bridgehead atoms. The van der Waals surface area contributed by atoms with Crippen LogP contribution in [0, 0.1) is 5.92 Å². The van der Waals surface area contributed by atoms with Gasteiger partial charge in [0.2, 0.25) is 0 Å². The maximum absolute atomic E-state index is 4.06. The predicted octanol–water partition coefficient (Wildman–Crippen LogP) is 2.99. The number of rotatable bonds is 8. The fraction of sp³-hybridized carbons (Fsp3) is 0.643. The van der Waals surface area contributed by atoms with Crippen molar-refractivity contribution in [3.8, 4) is 0 Å². The molecule has 0 fully saturated rings. The lowest BCUT2D eigenvalue weighted by molar-refractivity contribution is 0.571. The van der Waals surface area contributed by atoms with Crippen LogP contribution in [0.2, 0.25) is 0 Å². The first-order valence-corrected chi connectivity index (χ1v) is 7.57. The van der Waals surface area contributed by atoms with Crippen LogP contribution in [-0.2, 0) is 6.42 Å². The summed E-state index contributed by atoms with van der Waals surface area (Å²) in [6.45, 7) is 7.76. The van der Waals surface area contributed by atoms with Crippen LogP contribution in [-0.4, -0.2) is 29.1 Å². The zero-order chi connectivity index (χ0) is 12.5. The van der Waals surface area contributed by atoms with E-state index in [2.05, 4.69) is 55.0 Å². The molecule has 0 aliphatic carbocycles. The Kier molecular flexibility index (Phi) is 7.29. The first-order valence-electron chi connectivity index (χ1n) is 6.42. The summed E-state index contributed by atoms with van der Waals surface area (Å²) in [5, 5.41) is 3.56. The average molecular weight is 252 g/mol. The molecule has 0 amide bonds. The van der Waals surface area contributed by atoms with E-state index in [0.29, 0.717) is 6.04 Å². The summed E-state index contributed by atoms with van der Waals surface area (Å²) >= 11 is 2.05. The van der Waals surface area contributed by atoms with Crippen molar-refractivity contribution in [2.45, 2.75) is 33.2 Å². The molecule has 1 aromatic rings. The molecule has 1 heterocycles. The van der Waals surface area contributed by atoms with Gasteiger partial charge in [-0.25, -0.2) is 0 Å². The lowest BCUT2D eigenvalue weighted by Gasteiger charge is -2.18. The molecule has 0 aliphatic heterocycles. The van der Waals surface area contributed by atoms with Crippen molar-refractivity contribution in [1.29, 1.82) is 0 Å². The van der Waals surface area contributed by atoms with Gasteiger partial charge in [0.25, 0.3) is 0 Å². The summed E-state index contributed by atoms with van der Waals surface area (Å²) < 4.78 is 0. The minimum absolute atomic E-state index is 0.575. The van der Waals surface area contributed by atoms with Crippen LogP contribution in [0.4, 0.5) is 0 Å². The third-order valence-corrected chi connectivity index (χ3v) is 4.03. The highest BCUT2D eigenvalue weighted by Gasteiger charge is 2.08. The molecule has 17 heavy (non-hydrogen) atoms. The van der Waals surface area contributed by atoms with Gasteiger partial charge in [0.1, 0.15) is 0 Å². The Morgan fingerprint density at radius 1 is 1.24 bits per heavy atom. The molecule has 0 spiro atoms. The Hall–Kier alpha value is -0.540. The Morgan fingerprint density at radius 3 is 2.53 bits per heavy atom. The van der Waals surface area contributed by atoms with E-state index < -0.39 is 0 Å². The van der Waals surface area contributed by atoms with Gasteiger partial charge in [0, 0.05) is 24.2 Å². The van der Waals surface area contributed by atoms with Crippen molar-refractivity contribution in [1.82, 2.24) is 10.3 Å². The molecule has 1 rings (SSSR count). The molecule has 1 N–H and O–H groups in total. The smallest absolute Gasteiger partial charge is 0.0270 e. The van der Waals surface area contributed by atoms with Crippen LogP contribution in [0.5, 0.6) is 0 Å². The molecule has 1 unspecified atom stereocenters. The van der Waals surface area contributed by atoms with E-state index in [1.165, 1.54) is 17.1 Å². The fourth-order valence-corrected chi connectivity index (χ4v) is 2.86. The van der Waals surface area contributed by atoms with Crippen molar-refractivity contribution < 1.29 is 0 Å². The maximum Gasteiger partial charge on any atom is 0.0270 e. The summed E-state index contributed by atoms with van der Waals surface area (Å²) in [4.78, 5) is 4.06. The second kappa shape index (κ2) is 8.54. The van der Waals surface area contributed by atoms with Crippen LogP contribution in [0.3, 0.4) is 0 Å². The van der Waals surface area contributed by atoms with E-state index in [4.69, 9.17) is 0 Å². The van der Waals surface area contributed by atoms with Gasteiger partial charge >= 0.3 is 0 Å². The highest BCUT2D eigenvalue weighted by atomic mass is 32.2. The largest absolute Gasteiger partial charge is 0.313 e. The molecule has 0 saturated carbocycles. The molecule has 0 radical (unpaired) electrons. The Balaban J connectivity index is 2.37. The zero-order valence-electron chi connectivity index (χ0n) is 11.1. The van der Waals surface area contributed by atoms with Crippen molar-refractivity contribution in [3.05, 3.63) is 30.1 Å². The Bertz CT molecular complexity index is 288. The van der Waals surface area contributed by atoms with Crippen molar-refractivity contribution in [2.75, 3.05) is 18.1 Å². The van der Waals surface area contributed by atoms with Gasteiger partial charge in [-0.15, -0.1) is 0 Å². The highest BCUT2D eigenvalue weighted by Crippen LogP contribution is 2.12. The first-order chi connectivity index (χ1) is 8.22. The number of hydrogen-bond donors (Lipinski definition) is 1. The minimum atomic E-state index is 0.575. The number of nitrogens with zero attached hydrogens (tertiary/aromatic N) is 1. The molecule has 0 saturated heterocycles. The fourth-order valence-electron chi connectivity index (χ4n) is 1.73. The standard InChI is InChI=1S/C14H24N2S/c1-4-16-14(11-17-10-12(2)3)9-13-5-7-15-8-6-13/h5-8,12,14,16H,4,9-11H2,1-3H3. The van der Waals surface area contributed by atoms with Gasteiger partial charge in [-0.3, -0.25) is 4.98 Å². The maximum atomic E-state index is 4.06. The van der Waals surface area contributed by atoms with Gasteiger partial charge in [-0.05, 0) is 42.3 Å². The topological polar surface area (TPSA) is 24.9 Å². The van der Waals surface area contributed by atoms with Crippen LogP contribution in [0.15, 0.2) is 24.5 Å². The summed E-state index contributed by atoms with van der Waals surface area (Å²) in [6, 6.07) is 4.79. The highest BCUT2D eigenvalue weighted by molar-refractivity contribution is 7.99. The number of thioether (sulfide) groups is 1. The van der Waals surface area contributed by atoms with E-state index in [0.717, 1.165) is 18.9 Å². The van der Waals surface area contributed by atoms with Gasteiger partial charge < -0.3 is 5.32 Å². The predicted molar refractivity (Wildman–Crippen MR) is 77.6 cm³/mol. The molecule has 1 atom stereocenters. The van der Waals surface area contributed by atoms with Crippen LogP contribution >= 0.6 is 11.8 Å². The van der Waals surface area contributed by atoms with Crippen LogP contribution in [0.25, 0.3) is 0 Å². The Labute approximate surface area is 110 Å². The monoisotopic (exact) mass is 252 g/mol. The number of pyridine rings is 1. The molecule has 2 nitrogen and oxygen atoms in total. The summed E-state index contributed by atoms with van der Waals surface area (Å²) in [5.74, 6) is 3.22. The first kappa shape index (κ1) is 14.5. The van der Waals surface area contributed by atoms with Gasteiger partial charge in [0.05, 0.1) is 0 Å². The van der Waals surface area contributed by atoms with Gasteiger partial charge in [-0.1, -0.05) is 20.8 Å². The average Bonchev–Trinajstić information content (AvgIpc) is 2.30. The van der Waals surface area contributed by atoms with E-state index >= 15 is 0 Å². The minimum Gasteiger partial charge on any atom is -0.313 e. The molecule has 0 aromatic carbocycles. The van der Waals surface area contributed by atoms with E-state index in [9.17, 15) is 0 Å². The summed E-state index contributed by atoms with van der Waals surface area (Å²) in [5.41, 5.74) is 1.37. The number of likely N-dealkylation sites (N-methyl/N-ethyl adjacent to an activating group) is 1. The third kappa shape index (κ3) is 6.69. The normalized spacial score (nSPS) is 12.9. The number of nitrogens with one attached hydrogen (secondary N) is 1. The Morgan fingerprint density at radius 2 is 1.94 bits per heavy atom. The zero-order valence-corrected chi connectivity index (χ0v) is 12.0. The van der Waals surface area contributed by atoms with Gasteiger partial charge in [-0.2, -0.15) is 11.8 Å². The second-order valence-electron chi connectivity index (χ2n) is 4.75. The molecule has 3 heteroatoms. The van der Waals surface area contributed by atoms with Crippen molar-refractivity contribution in [2.24, 2.45) is 5.92 Å². The molecule has 0 aliphatic rings. The van der Waals surface area contributed by atoms with Gasteiger partial charge in [0.15, 0.2) is 0 Å². The SMILES string of the molecule is CCNC(CSCC(C)C)Cc1ccncc1.